The van der Waals surface area contributed by atoms with E-state index in [2.05, 4.69) is 86.5 Å². The number of hydrogen-bond acceptors (Lipinski definition) is 1. The summed E-state index contributed by atoms with van der Waals surface area (Å²) in [5.41, 5.74) is 2.52. The van der Waals surface area contributed by atoms with Gasteiger partial charge in [0.15, 0.2) is 0 Å². The summed E-state index contributed by atoms with van der Waals surface area (Å²) in [4.78, 5) is 4.68. The van der Waals surface area contributed by atoms with E-state index in [0.29, 0.717) is 5.92 Å². The highest BCUT2D eigenvalue weighted by Crippen LogP contribution is 2.34. The third-order valence-corrected chi connectivity index (χ3v) is 4.54. The molecule has 0 bridgehead atoms. The Kier molecular flexibility index (Phi) is 11.8. The van der Waals surface area contributed by atoms with Gasteiger partial charge in [0.05, 0.1) is 5.69 Å². The van der Waals surface area contributed by atoms with Gasteiger partial charge in [0.2, 0.25) is 0 Å². The number of hydrogen-bond donors (Lipinski definition) is 0. The Hall–Kier alpha value is -2.15. The molecule has 1 nitrogen and oxygen atoms in total. The zero-order valence-electron chi connectivity index (χ0n) is 17.9. The molecule has 3 rings (SSSR count). The molecular weight excluding hydrogens is 326 g/mol. The Morgan fingerprint density at radius 1 is 1.00 bits per heavy atom. The lowest BCUT2D eigenvalue weighted by molar-refractivity contribution is 0.686. The molecule has 0 saturated heterocycles. The van der Waals surface area contributed by atoms with Crippen molar-refractivity contribution in [2.24, 2.45) is 5.92 Å². The van der Waals surface area contributed by atoms with Crippen molar-refractivity contribution in [3.8, 4) is 0 Å². The van der Waals surface area contributed by atoms with E-state index in [-0.39, 0.29) is 0 Å². The third-order valence-electron chi connectivity index (χ3n) is 4.54. The van der Waals surface area contributed by atoms with Gasteiger partial charge < -0.3 is 0 Å². The number of unbranched alkanes of at least 4 members (excludes halogenated alkanes) is 1. The van der Waals surface area contributed by atoms with Gasteiger partial charge in [0, 0.05) is 11.6 Å². The number of pyridine rings is 1. The van der Waals surface area contributed by atoms with E-state index in [1.54, 1.807) is 0 Å². The first-order valence-electron chi connectivity index (χ1n) is 10.7. The third kappa shape index (κ3) is 7.17. The fourth-order valence-electron chi connectivity index (χ4n) is 2.95. The van der Waals surface area contributed by atoms with Gasteiger partial charge in [-0.05, 0) is 42.2 Å². The van der Waals surface area contributed by atoms with E-state index >= 15 is 0 Å². The molecule has 2 aromatic rings. The monoisotopic (exact) mass is 363 g/mol. The predicted molar refractivity (Wildman–Crippen MR) is 123 cm³/mol. The molecule has 0 N–H and O–H groups in total. The Labute approximate surface area is 166 Å². The van der Waals surface area contributed by atoms with Crippen LogP contribution in [0, 0.1) is 5.92 Å². The van der Waals surface area contributed by atoms with E-state index < -0.39 is 0 Å². The first-order valence-corrected chi connectivity index (χ1v) is 10.7. The minimum absolute atomic E-state index is 0.538. The van der Waals surface area contributed by atoms with Gasteiger partial charge in [-0.25, -0.2) is 0 Å². The van der Waals surface area contributed by atoms with Gasteiger partial charge in [0.25, 0.3) is 0 Å². The van der Waals surface area contributed by atoms with Gasteiger partial charge in [-0.3, -0.25) is 4.98 Å². The molecular formula is C26H37N. The molecule has 1 aromatic heterocycles. The van der Waals surface area contributed by atoms with Crippen molar-refractivity contribution in [2.45, 2.75) is 66.7 Å². The molecule has 1 aliphatic rings. The van der Waals surface area contributed by atoms with Crippen molar-refractivity contribution in [3.63, 3.8) is 0 Å². The molecule has 1 aliphatic carbocycles. The second kappa shape index (κ2) is 14.0. The molecule has 0 radical (unpaired) electrons. The van der Waals surface area contributed by atoms with Crippen LogP contribution in [0.2, 0.25) is 0 Å². The Balaban J connectivity index is 0.000000541. The van der Waals surface area contributed by atoms with Gasteiger partial charge >= 0.3 is 0 Å². The molecule has 1 heterocycles. The van der Waals surface area contributed by atoms with E-state index in [4.69, 9.17) is 0 Å². The fraction of sp³-hybridized carbons (Fsp3) is 0.423. The van der Waals surface area contributed by atoms with E-state index in [9.17, 15) is 0 Å². The Morgan fingerprint density at radius 3 is 2.44 bits per heavy atom. The molecule has 1 aromatic carbocycles. The molecule has 0 fully saturated rings. The van der Waals surface area contributed by atoms with Crippen molar-refractivity contribution in [3.05, 3.63) is 72.6 Å². The lowest BCUT2D eigenvalue weighted by Crippen LogP contribution is -2.06. The Bertz CT molecular complexity index is 729. The highest BCUT2D eigenvalue weighted by Gasteiger charge is 2.18. The van der Waals surface area contributed by atoms with Crippen LogP contribution in [0.15, 0.2) is 66.9 Å². The summed E-state index contributed by atoms with van der Waals surface area (Å²) in [6.45, 7) is 10.5. The van der Waals surface area contributed by atoms with Crippen molar-refractivity contribution < 1.29 is 0 Å². The minimum Gasteiger partial charge on any atom is -0.256 e. The van der Waals surface area contributed by atoms with Crippen LogP contribution in [0.3, 0.4) is 0 Å². The highest BCUT2D eigenvalue weighted by molar-refractivity contribution is 5.92. The SMILES string of the molecule is CC.CCC=CCC1CC=CC=C1c1nccc2ccccc12.CCCC. The van der Waals surface area contributed by atoms with E-state index in [0.717, 1.165) is 25.0 Å². The lowest BCUT2D eigenvalue weighted by Gasteiger charge is -2.21. The highest BCUT2D eigenvalue weighted by atomic mass is 14.7. The topological polar surface area (TPSA) is 12.9 Å². The summed E-state index contributed by atoms with van der Waals surface area (Å²) in [5, 5.41) is 2.52. The Morgan fingerprint density at radius 2 is 1.74 bits per heavy atom. The molecule has 0 aliphatic heterocycles. The average Bonchev–Trinajstić information content (AvgIpc) is 2.75. The van der Waals surface area contributed by atoms with Crippen LogP contribution in [0.4, 0.5) is 0 Å². The first-order chi connectivity index (χ1) is 13.3. The second-order valence-electron chi connectivity index (χ2n) is 6.48. The number of rotatable bonds is 5. The normalized spacial score (nSPS) is 15.6. The van der Waals surface area contributed by atoms with Gasteiger partial charge in [-0.1, -0.05) is 102 Å². The molecule has 1 atom stereocenters. The number of allylic oxidation sites excluding steroid dienone is 6. The van der Waals surface area contributed by atoms with Crippen LogP contribution < -0.4 is 0 Å². The van der Waals surface area contributed by atoms with Crippen LogP contribution in [-0.4, -0.2) is 4.98 Å². The molecule has 1 heteroatoms. The van der Waals surface area contributed by atoms with Gasteiger partial charge in [0.1, 0.15) is 0 Å². The number of benzene rings is 1. The minimum atomic E-state index is 0.538. The molecule has 146 valence electrons. The predicted octanol–water partition coefficient (Wildman–Crippen LogP) is 8.38. The molecule has 0 saturated carbocycles. The quantitative estimate of drug-likeness (QED) is 0.486. The summed E-state index contributed by atoms with van der Waals surface area (Å²) in [7, 11) is 0. The van der Waals surface area contributed by atoms with Crippen molar-refractivity contribution in [1.82, 2.24) is 4.98 Å². The average molecular weight is 364 g/mol. The van der Waals surface area contributed by atoms with Crippen molar-refractivity contribution in [2.75, 3.05) is 0 Å². The van der Waals surface area contributed by atoms with Gasteiger partial charge in [-0.15, -0.1) is 0 Å². The smallest absolute Gasteiger partial charge is 0.0742 e. The number of fused-ring (bicyclic) bond motifs is 1. The van der Waals surface area contributed by atoms with Crippen LogP contribution in [0.1, 0.15) is 72.4 Å². The van der Waals surface area contributed by atoms with E-state index in [1.807, 2.05) is 20.0 Å². The first kappa shape index (κ1) is 22.9. The molecule has 1 unspecified atom stereocenters. The summed E-state index contributed by atoms with van der Waals surface area (Å²) >= 11 is 0. The summed E-state index contributed by atoms with van der Waals surface area (Å²) < 4.78 is 0. The van der Waals surface area contributed by atoms with E-state index in [1.165, 1.54) is 29.2 Å². The number of aromatic nitrogens is 1. The fourth-order valence-corrected chi connectivity index (χ4v) is 2.95. The van der Waals surface area contributed by atoms with Gasteiger partial charge in [-0.2, -0.15) is 0 Å². The second-order valence-corrected chi connectivity index (χ2v) is 6.48. The summed E-state index contributed by atoms with van der Waals surface area (Å²) in [6, 6.07) is 10.6. The summed E-state index contributed by atoms with van der Waals surface area (Å²) in [5.74, 6) is 0.538. The maximum atomic E-state index is 4.68. The molecule has 0 spiro atoms. The summed E-state index contributed by atoms with van der Waals surface area (Å²) in [6.07, 6.45) is 19.1. The van der Waals surface area contributed by atoms with Crippen molar-refractivity contribution in [1.29, 1.82) is 0 Å². The lowest BCUT2D eigenvalue weighted by atomic mass is 9.85. The number of nitrogens with zero attached hydrogens (tertiary/aromatic N) is 1. The maximum Gasteiger partial charge on any atom is 0.0742 e. The van der Waals surface area contributed by atoms with Crippen molar-refractivity contribution >= 4 is 16.3 Å². The molecule has 0 amide bonds. The zero-order chi connectivity index (χ0) is 19.9. The zero-order valence-corrected chi connectivity index (χ0v) is 17.9. The van der Waals surface area contributed by atoms with Crippen LogP contribution in [0.5, 0.6) is 0 Å². The largest absolute Gasteiger partial charge is 0.256 e. The van der Waals surface area contributed by atoms with Crippen LogP contribution in [-0.2, 0) is 0 Å². The standard InChI is InChI=1S/C20H21N.C4H10.C2H6/c1-2-3-4-9-16-10-5-7-12-18(16)20-19-13-8-6-11-17(19)14-15-21-20;1-3-4-2;1-2/h3-8,11-16H,2,9-10H2,1H3;3-4H2,1-2H3;1-2H3. The van der Waals surface area contributed by atoms with Crippen LogP contribution >= 0.6 is 0 Å². The van der Waals surface area contributed by atoms with Crippen LogP contribution in [0.25, 0.3) is 16.3 Å². The maximum absolute atomic E-state index is 4.68. The molecule has 27 heavy (non-hydrogen) atoms.